The van der Waals surface area contributed by atoms with Crippen LogP contribution in [0.25, 0.3) is 94.6 Å². The fourth-order valence-corrected chi connectivity index (χ4v) is 7.58. The average molecular weight is 665 g/mol. The molecule has 0 N–H and O–H groups in total. The second-order valence-corrected chi connectivity index (χ2v) is 13.2. The van der Waals surface area contributed by atoms with E-state index < -0.39 is 0 Å². The minimum Gasteiger partial charge on any atom is -0.436 e. The van der Waals surface area contributed by atoms with E-state index in [0.29, 0.717) is 5.89 Å². The van der Waals surface area contributed by atoms with Crippen LogP contribution in [0.2, 0.25) is 0 Å². The molecule has 2 aromatic heterocycles. The molecular formula is C49H32N2O. The summed E-state index contributed by atoms with van der Waals surface area (Å²) in [6.45, 7) is 0. The van der Waals surface area contributed by atoms with Crippen molar-refractivity contribution in [2.45, 2.75) is 0 Å². The first kappa shape index (κ1) is 29.9. The minimum absolute atomic E-state index is 0.631. The van der Waals surface area contributed by atoms with Crippen LogP contribution in [0.3, 0.4) is 0 Å². The molecule has 0 bridgehead atoms. The molecule has 0 fully saturated rings. The van der Waals surface area contributed by atoms with Crippen LogP contribution in [0.1, 0.15) is 0 Å². The Morgan fingerprint density at radius 2 is 0.865 bits per heavy atom. The van der Waals surface area contributed by atoms with Gasteiger partial charge in [0.05, 0.1) is 11.0 Å². The van der Waals surface area contributed by atoms with Crippen LogP contribution in [0.15, 0.2) is 199 Å². The van der Waals surface area contributed by atoms with Crippen LogP contribution in [0.5, 0.6) is 0 Å². The quantitative estimate of drug-likeness (QED) is 0.177. The van der Waals surface area contributed by atoms with E-state index in [0.717, 1.165) is 27.9 Å². The smallest absolute Gasteiger partial charge is 0.227 e. The summed E-state index contributed by atoms with van der Waals surface area (Å²) < 4.78 is 8.44. The minimum atomic E-state index is 0.631. The molecule has 52 heavy (non-hydrogen) atoms. The Bertz CT molecular complexity index is 2850. The van der Waals surface area contributed by atoms with Crippen molar-refractivity contribution in [1.82, 2.24) is 9.55 Å². The topological polar surface area (TPSA) is 31.0 Å². The van der Waals surface area contributed by atoms with Gasteiger partial charge < -0.3 is 8.98 Å². The number of aromatic nitrogens is 2. The van der Waals surface area contributed by atoms with E-state index in [1.54, 1.807) is 0 Å². The lowest BCUT2D eigenvalue weighted by Gasteiger charge is -2.15. The van der Waals surface area contributed by atoms with Gasteiger partial charge >= 0.3 is 0 Å². The Labute approximate surface area is 301 Å². The number of hydrogen-bond acceptors (Lipinski definition) is 2. The summed E-state index contributed by atoms with van der Waals surface area (Å²) >= 11 is 0. The van der Waals surface area contributed by atoms with Gasteiger partial charge in [-0.05, 0) is 105 Å². The number of rotatable bonds is 6. The molecule has 2 heterocycles. The van der Waals surface area contributed by atoms with Gasteiger partial charge in [-0.2, -0.15) is 0 Å². The number of fused-ring (bicyclic) bond motifs is 4. The second-order valence-electron chi connectivity index (χ2n) is 13.2. The molecule has 10 rings (SSSR count). The molecule has 3 heteroatoms. The first-order valence-corrected chi connectivity index (χ1v) is 17.6. The van der Waals surface area contributed by atoms with E-state index >= 15 is 0 Å². The lowest BCUT2D eigenvalue weighted by atomic mass is 9.89. The molecule has 244 valence electrons. The molecule has 0 radical (unpaired) electrons. The first-order valence-electron chi connectivity index (χ1n) is 17.6. The maximum absolute atomic E-state index is 6.06. The van der Waals surface area contributed by atoms with Gasteiger partial charge in [0.15, 0.2) is 5.58 Å². The van der Waals surface area contributed by atoms with Gasteiger partial charge in [-0.25, -0.2) is 4.98 Å². The summed E-state index contributed by atoms with van der Waals surface area (Å²) in [6, 6.07) is 69.0. The fraction of sp³-hybridized carbons (Fsp3) is 0. The Kier molecular flexibility index (Phi) is 7.14. The van der Waals surface area contributed by atoms with Gasteiger partial charge in [-0.3, -0.25) is 0 Å². The van der Waals surface area contributed by atoms with Crippen LogP contribution in [0.4, 0.5) is 0 Å². The zero-order chi connectivity index (χ0) is 34.4. The molecule has 0 aliphatic heterocycles. The lowest BCUT2D eigenvalue weighted by Crippen LogP contribution is -1.93. The van der Waals surface area contributed by atoms with Crippen LogP contribution in [0, 0.1) is 0 Å². The zero-order valence-electron chi connectivity index (χ0n) is 28.3. The Hall–Kier alpha value is -6.97. The monoisotopic (exact) mass is 664 g/mol. The number of nitrogens with zero attached hydrogens (tertiary/aromatic N) is 2. The maximum atomic E-state index is 6.06. The van der Waals surface area contributed by atoms with Crippen molar-refractivity contribution in [1.29, 1.82) is 0 Å². The third-order valence-corrected chi connectivity index (χ3v) is 10.1. The standard InChI is InChI=1S/C49H32N2O/c1-3-13-33(14-4-1)36-27-29-46-43(31-36)44-32-37(28-30-47(44)51(46)38-15-5-2-6-16-38)40-18-8-10-20-42(40)41-19-9-7-17-39(41)34-23-25-35(26-24-34)49-50-45-21-11-12-22-48(45)52-49/h1-32H. The summed E-state index contributed by atoms with van der Waals surface area (Å²) in [4.78, 5) is 4.71. The van der Waals surface area contributed by atoms with E-state index in [-0.39, 0.29) is 0 Å². The summed E-state index contributed by atoms with van der Waals surface area (Å²) in [5.41, 5.74) is 15.6. The van der Waals surface area contributed by atoms with Gasteiger partial charge in [0.2, 0.25) is 5.89 Å². The van der Waals surface area contributed by atoms with E-state index in [2.05, 4.69) is 174 Å². The van der Waals surface area contributed by atoms with Gasteiger partial charge in [0.1, 0.15) is 5.52 Å². The van der Waals surface area contributed by atoms with Crippen LogP contribution in [-0.2, 0) is 0 Å². The van der Waals surface area contributed by atoms with Gasteiger partial charge in [-0.1, -0.05) is 133 Å². The number of hydrogen-bond donors (Lipinski definition) is 0. The first-order chi connectivity index (χ1) is 25.8. The molecule has 3 nitrogen and oxygen atoms in total. The highest BCUT2D eigenvalue weighted by molar-refractivity contribution is 6.12. The molecule has 0 atom stereocenters. The van der Waals surface area contributed by atoms with E-state index in [1.807, 2.05) is 24.3 Å². The van der Waals surface area contributed by atoms with Crippen molar-refractivity contribution in [2.75, 3.05) is 0 Å². The molecule has 8 aromatic carbocycles. The molecule has 0 saturated heterocycles. The molecule has 0 amide bonds. The van der Waals surface area contributed by atoms with Crippen molar-refractivity contribution in [2.24, 2.45) is 0 Å². The number of benzene rings is 8. The Balaban J connectivity index is 1.10. The zero-order valence-corrected chi connectivity index (χ0v) is 28.3. The Morgan fingerprint density at radius 3 is 1.54 bits per heavy atom. The lowest BCUT2D eigenvalue weighted by molar-refractivity contribution is 0.620. The molecular weight excluding hydrogens is 633 g/mol. The molecule has 0 spiro atoms. The highest BCUT2D eigenvalue weighted by Gasteiger charge is 2.17. The maximum Gasteiger partial charge on any atom is 0.227 e. The molecule has 10 aromatic rings. The molecule has 0 unspecified atom stereocenters. The van der Waals surface area contributed by atoms with Crippen molar-refractivity contribution in [3.05, 3.63) is 194 Å². The van der Waals surface area contributed by atoms with Crippen molar-refractivity contribution in [3.8, 4) is 61.6 Å². The van der Waals surface area contributed by atoms with Gasteiger partial charge in [0, 0.05) is 22.0 Å². The highest BCUT2D eigenvalue weighted by Crippen LogP contribution is 2.42. The van der Waals surface area contributed by atoms with Crippen LogP contribution in [-0.4, -0.2) is 9.55 Å². The summed E-state index contributed by atoms with van der Waals surface area (Å²) in [7, 11) is 0. The van der Waals surface area contributed by atoms with Gasteiger partial charge in [0.25, 0.3) is 0 Å². The predicted molar refractivity (Wildman–Crippen MR) is 216 cm³/mol. The number of para-hydroxylation sites is 3. The highest BCUT2D eigenvalue weighted by atomic mass is 16.3. The Morgan fingerprint density at radius 1 is 0.365 bits per heavy atom. The normalized spacial score (nSPS) is 11.5. The van der Waals surface area contributed by atoms with Crippen molar-refractivity contribution in [3.63, 3.8) is 0 Å². The molecule has 0 aliphatic rings. The molecule has 0 saturated carbocycles. The largest absolute Gasteiger partial charge is 0.436 e. The summed E-state index contributed by atoms with van der Waals surface area (Å²) in [5, 5.41) is 2.46. The third-order valence-electron chi connectivity index (χ3n) is 10.1. The number of oxazole rings is 1. The summed E-state index contributed by atoms with van der Waals surface area (Å²) in [6.07, 6.45) is 0. The predicted octanol–water partition coefficient (Wildman–Crippen LogP) is 13.3. The van der Waals surface area contributed by atoms with Crippen LogP contribution >= 0.6 is 0 Å². The van der Waals surface area contributed by atoms with Crippen molar-refractivity contribution < 1.29 is 4.42 Å². The summed E-state index contributed by atoms with van der Waals surface area (Å²) in [5.74, 6) is 0.631. The van der Waals surface area contributed by atoms with E-state index in [1.165, 1.54) is 60.8 Å². The van der Waals surface area contributed by atoms with Crippen LogP contribution < -0.4 is 0 Å². The van der Waals surface area contributed by atoms with E-state index in [9.17, 15) is 0 Å². The van der Waals surface area contributed by atoms with Crippen molar-refractivity contribution >= 4 is 32.9 Å². The van der Waals surface area contributed by atoms with E-state index in [4.69, 9.17) is 9.40 Å². The molecule has 0 aliphatic carbocycles. The fourth-order valence-electron chi connectivity index (χ4n) is 7.58. The third kappa shape index (κ3) is 5.10. The average Bonchev–Trinajstić information content (AvgIpc) is 3.81. The SMILES string of the molecule is c1ccc(-c2ccc3c(c2)c2cc(-c4ccccc4-c4ccccc4-c4ccc(-c5nc6ccccc6o5)cc4)ccc2n3-c2ccccc2)cc1. The van der Waals surface area contributed by atoms with Gasteiger partial charge in [-0.15, -0.1) is 0 Å². The second kappa shape index (κ2) is 12.4.